The summed E-state index contributed by atoms with van der Waals surface area (Å²) in [6, 6.07) is 13.7. The lowest BCUT2D eigenvalue weighted by molar-refractivity contribution is 0.0950. The molecule has 0 bridgehead atoms. The van der Waals surface area contributed by atoms with Gasteiger partial charge in [0.25, 0.3) is 5.91 Å². The van der Waals surface area contributed by atoms with E-state index in [0.29, 0.717) is 40.5 Å². The van der Waals surface area contributed by atoms with E-state index < -0.39 is 6.10 Å². The first-order chi connectivity index (χ1) is 16.0. The van der Waals surface area contributed by atoms with Gasteiger partial charge in [-0.3, -0.25) is 4.79 Å². The molecule has 6 N–H and O–H groups in total. The molecule has 0 radical (unpaired) electrons. The summed E-state index contributed by atoms with van der Waals surface area (Å²) in [5.74, 6) is 0.0144. The van der Waals surface area contributed by atoms with Gasteiger partial charge in [0.15, 0.2) is 0 Å². The van der Waals surface area contributed by atoms with Gasteiger partial charge < -0.3 is 26.6 Å². The van der Waals surface area contributed by atoms with Crippen LogP contribution in [0.1, 0.15) is 47.0 Å². The highest BCUT2D eigenvalue weighted by atomic mass is 35.5. The largest absolute Gasteiger partial charge is 0.506 e. The highest BCUT2D eigenvalue weighted by Crippen LogP contribution is 2.31. The van der Waals surface area contributed by atoms with Crippen LogP contribution in [0.3, 0.4) is 0 Å². The zero-order chi connectivity index (χ0) is 24.9. The van der Waals surface area contributed by atoms with Crippen LogP contribution in [0.25, 0.3) is 0 Å². The average molecular weight is 503 g/mol. The van der Waals surface area contributed by atoms with Crippen LogP contribution in [0.2, 0.25) is 10.0 Å². The standard InChI is InChI=1S/C25H28Cl2N4O3/c1-25(2,31-14-21(32)17-6-7-22(28)29-12-17)11-15-4-3-5-16(8-15)24(34)30-13-18-9-19(26)10-20(27)23(18)33/h3-10,12,21,31-33H,11,13-14H2,1-2H3,(H2,28,29)(H,30,34)/t21-/m0/s1. The zero-order valence-electron chi connectivity index (χ0n) is 19.0. The molecule has 0 aliphatic heterocycles. The molecular formula is C25H28Cl2N4O3. The van der Waals surface area contributed by atoms with Crippen LogP contribution in [0.4, 0.5) is 5.82 Å². The summed E-state index contributed by atoms with van der Waals surface area (Å²) < 4.78 is 0. The number of hydrogen-bond donors (Lipinski definition) is 5. The fourth-order valence-electron chi connectivity index (χ4n) is 3.53. The Morgan fingerprint density at radius 1 is 1.18 bits per heavy atom. The number of aromatic nitrogens is 1. The number of hydrogen-bond acceptors (Lipinski definition) is 6. The number of carbonyl (C=O) groups excluding carboxylic acids is 1. The van der Waals surface area contributed by atoms with Crippen molar-refractivity contribution in [2.45, 2.75) is 38.5 Å². The molecule has 1 aromatic heterocycles. The summed E-state index contributed by atoms with van der Waals surface area (Å²) >= 11 is 11.9. The van der Waals surface area contributed by atoms with Crippen LogP contribution >= 0.6 is 23.2 Å². The third kappa shape index (κ3) is 7.08. The van der Waals surface area contributed by atoms with E-state index in [1.165, 1.54) is 6.07 Å². The molecule has 1 amide bonds. The zero-order valence-corrected chi connectivity index (χ0v) is 20.5. The topological polar surface area (TPSA) is 120 Å². The Balaban J connectivity index is 1.59. The summed E-state index contributed by atoms with van der Waals surface area (Å²) in [7, 11) is 0. The number of nitrogens with two attached hydrogens (primary N) is 1. The van der Waals surface area contributed by atoms with Gasteiger partial charge in [0.05, 0.1) is 11.1 Å². The monoisotopic (exact) mass is 502 g/mol. The minimum absolute atomic E-state index is 0.0834. The van der Waals surface area contributed by atoms with E-state index in [0.717, 1.165) is 5.56 Å². The minimum Gasteiger partial charge on any atom is -0.506 e. The molecule has 180 valence electrons. The maximum atomic E-state index is 12.7. The fourth-order valence-corrected chi connectivity index (χ4v) is 4.07. The average Bonchev–Trinajstić information content (AvgIpc) is 2.79. The number of aromatic hydroxyl groups is 1. The van der Waals surface area contributed by atoms with Gasteiger partial charge in [0.2, 0.25) is 0 Å². The van der Waals surface area contributed by atoms with Gasteiger partial charge in [-0.1, -0.05) is 41.4 Å². The summed E-state index contributed by atoms with van der Waals surface area (Å²) in [4.78, 5) is 16.7. The van der Waals surface area contributed by atoms with E-state index in [1.807, 2.05) is 32.0 Å². The number of phenols is 1. The molecule has 0 fully saturated rings. The molecule has 2 aromatic carbocycles. The van der Waals surface area contributed by atoms with E-state index in [9.17, 15) is 15.0 Å². The number of benzene rings is 2. The Kier molecular flexibility index (Phi) is 8.38. The van der Waals surface area contributed by atoms with Gasteiger partial charge in [0, 0.05) is 46.5 Å². The van der Waals surface area contributed by atoms with Crippen molar-refractivity contribution < 1.29 is 15.0 Å². The highest BCUT2D eigenvalue weighted by Gasteiger charge is 2.21. The summed E-state index contributed by atoms with van der Waals surface area (Å²) in [6.07, 6.45) is 1.47. The second kappa shape index (κ2) is 11.1. The first-order valence-electron chi connectivity index (χ1n) is 10.7. The van der Waals surface area contributed by atoms with Crippen molar-refractivity contribution in [3.8, 4) is 5.75 Å². The van der Waals surface area contributed by atoms with Crippen LogP contribution in [0.5, 0.6) is 5.75 Å². The van der Waals surface area contributed by atoms with Gasteiger partial charge in [-0.05, 0) is 56.2 Å². The first-order valence-corrected chi connectivity index (χ1v) is 11.5. The van der Waals surface area contributed by atoms with E-state index in [4.69, 9.17) is 28.9 Å². The number of nitrogens with zero attached hydrogens (tertiary/aromatic N) is 1. The lowest BCUT2D eigenvalue weighted by Crippen LogP contribution is -2.43. The Morgan fingerprint density at radius 3 is 2.65 bits per heavy atom. The second-order valence-electron chi connectivity index (χ2n) is 8.75. The van der Waals surface area contributed by atoms with Crippen molar-refractivity contribution in [3.05, 3.63) is 87.0 Å². The minimum atomic E-state index is -0.721. The summed E-state index contributed by atoms with van der Waals surface area (Å²) in [5, 5.41) is 27.2. The molecule has 3 aromatic rings. The van der Waals surface area contributed by atoms with Gasteiger partial charge in [-0.15, -0.1) is 0 Å². The summed E-state index contributed by atoms with van der Waals surface area (Å²) in [6.45, 7) is 4.48. The normalized spacial score (nSPS) is 12.4. The van der Waals surface area contributed by atoms with Crippen LogP contribution in [0, 0.1) is 0 Å². The number of aliphatic hydroxyl groups is 1. The molecule has 34 heavy (non-hydrogen) atoms. The van der Waals surface area contributed by atoms with E-state index in [1.54, 1.807) is 30.5 Å². The fraction of sp³-hybridized carbons (Fsp3) is 0.280. The maximum absolute atomic E-state index is 12.7. The molecule has 3 rings (SSSR count). The number of aliphatic hydroxyl groups excluding tert-OH is 1. The van der Waals surface area contributed by atoms with Gasteiger partial charge in [-0.25, -0.2) is 4.98 Å². The quantitative estimate of drug-likeness (QED) is 0.298. The van der Waals surface area contributed by atoms with Gasteiger partial charge in [-0.2, -0.15) is 0 Å². The number of halogens is 2. The summed E-state index contributed by atoms with van der Waals surface area (Å²) in [5.41, 5.74) is 7.82. The number of rotatable bonds is 9. The molecule has 0 saturated carbocycles. The van der Waals surface area contributed by atoms with Crippen molar-refractivity contribution in [3.63, 3.8) is 0 Å². The molecule has 0 aliphatic rings. The Hall–Kier alpha value is -2.84. The maximum Gasteiger partial charge on any atom is 0.251 e. The van der Waals surface area contributed by atoms with Crippen LogP contribution in [-0.4, -0.2) is 33.2 Å². The molecule has 1 heterocycles. The predicted octanol–water partition coefficient (Wildman–Crippen LogP) is 4.25. The van der Waals surface area contributed by atoms with E-state index >= 15 is 0 Å². The molecule has 0 aliphatic carbocycles. The molecule has 0 unspecified atom stereocenters. The van der Waals surface area contributed by atoms with Crippen molar-refractivity contribution in [2.75, 3.05) is 12.3 Å². The third-order valence-corrected chi connectivity index (χ3v) is 5.86. The first kappa shape index (κ1) is 25.8. The molecular weight excluding hydrogens is 475 g/mol. The molecule has 7 nitrogen and oxygen atoms in total. The molecule has 9 heteroatoms. The lowest BCUT2D eigenvalue weighted by Gasteiger charge is -2.28. The number of anilines is 1. The molecule has 1 atom stereocenters. The third-order valence-electron chi connectivity index (χ3n) is 5.35. The number of phenolic OH excluding ortho intramolecular Hbond substituents is 1. The molecule has 0 saturated heterocycles. The van der Waals surface area contributed by atoms with Gasteiger partial charge >= 0.3 is 0 Å². The predicted molar refractivity (Wildman–Crippen MR) is 135 cm³/mol. The van der Waals surface area contributed by atoms with Crippen LogP contribution in [0.15, 0.2) is 54.7 Å². The van der Waals surface area contributed by atoms with E-state index in [2.05, 4.69) is 15.6 Å². The molecule has 0 spiro atoms. The van der Waals surface area contributed by atoms with Crippen molar-refractivity contribution >= 4 is 34.9 Å². The number of β-amino-alcohol motifs (C(OH)–C–C–N with tert-alkyl or cyclic N) is 1. The lowest BCUT2D eigenvalue weighted by atomic mass is 9.93. The number of amides is 1. The Labute approximate surface area is 208 Å². The van der Waals surface area contributed by atoms with Gasteiger partial charge in [0.1, 0.15) is 11.6 Å². The number of nitrogen functional groups attached to an aromatic ring is 1. The highest BCUT2D eigenvalue weighted by molar-refractivity contribution is 6.35. The van der Waals surface area contributed by atoms with Crippen molar-refractivity contribution in [1.29, 1.82) is 0 Å². The SMILES string of the molecule is CC(C)(Cc1cccc(C(=O)NCc2cc(Cl)cc(Cl)c2O)c1)NC[C@H](O)c1ccc(N)nc1. The van der Waals surface area contributed by atoms with Crippen molar-refractivity contribution in [1.82, 2.24) is 15.6 Å². The van der Waals surface area contributed by atoms with Crippen molar-refractivity contribution in [2.24, 2.45) is 0 Å². The Morgan fingerprint density at radius 2 is 1.94 bits per heavy atom. The number of nitrogens with one attached hydrogen (secondary N) is 2. The smallest absolute Gasteiger partial charge is 0.251 e. The van der Waals surface area contributed by atoms with Crippen LogP contribution in [-0.2, 0) is 13.0 Å². The van der Waals surface area contributed by atoms with E-state index in [-0.39, 0.29) is 28.8 Å². The van der Waals surface area contributed by atoms with Crippen LogP contribution < -0.4 is 16.4 Å². The second-order valence-corrected chi connectivity index (χ2v) is 9.60. The Bertz CT molecular complexity index is 1150. The number of pyridine rings is 1. The number of carbonyl (C=O) groups is 1.